The highest BCUT2D eigenvalue weighted by atomic mass is 35.5. The standard InChI is InChI=1S/C16H16ClN3OS/c1-10-11(5-8-19-14-6-7-18-9-20-14)15-12(17)3-4-13(21-2)16(15)22-10/h3-4,6-7,9H,5,8H2,1-2H3,(H,18,19,20). The lowest BCUT2D eigenvalue weighted by atomic mass is 10.1. The quantitative estimate of drug-likeness (QED) is 0.755. The second-order valence-electron chi connectivity index (χ2n) is 4.86. The number of ether oxygens (including phenoxy) is 1. The van der Waals surface area contributed by atoms with Crippen LogP contribution < -0.4 is 10.1 Å². The predicted octanol–water partition coefficient (Wildman–Crippen LogP) is 4.32. The monoisotopic (exact) mass is 333 g/mol. The van der Waals surface area contributed by atoms with Gasteiger partial charge in [0.15, 0.2) is 0 Å². The van der Waals surface area contributed by atoms with Crippen LogP contribution in [0.5, 0.6) is 5.75 Å². The van der Waals surface area contributed by atoms with Crippen molar-refractivity contribution in [2.45, 2.75) is 13.3 Å². The van der Waals surface area contributed by atoms with E-state index in [-0.39, 0.29) is 0 Å². The van der Waals surface area contributed by atoms with Gasteiger partial charge in [0, 0.05) is 28.0 Å². The zero-order chi connectivity index (χ0) is 15.5. The summed E-state index contributed by atoms with van der Waals surface area (Å²) in [5, 5.41) is 5.18. The Morgan fingerprint density at radius 1 is 1.32 bits per heavy atom. The van der Waals surface area contributed by atoms with Crippen LogP contribution in [0.1, 0.15) is 10.4 Å². The van der Waals surface area contributed by atoms with Gasteiger partial charge in [-0.15, -0.1) is 11.3 Å². The number of halogens is 1. The topological polar surface area (TPSA) is 47.0 Å². The summed E-state index contributed by atoms with van der Waals surface area (Å²) in [5.74, 6) is 1.71. The summed E-state index contributed by atoms with van der Waals surface area (Å²) in [5.41, 5.74) is 1.27. The number of anilines is 1. The summed E-state index contributed by atoms with van der Waals surface area (Å²) in [6.07, 6.45) is 4.14. The van der Waals surface area contributed by atoms with Crippen molar-refractivity contribution in [2.24, 2.45) is 0 Å². The molecule has 1 N–H and O–H groups in total. The minimum absolute atomic E-state index is 0.775. The lowest BCUT2D eigenvalue weighted by Gasteiger charge is -2.07. The highest BCUT2D eigenvalue weighted by Crippen LogP contribution is 2.41. The van der Waals surface area contributed by atoms with Crippen LogP contribution in [0.25, 0.3) is 10.1 Å². The molecule has 1 aromatic carbocycles. The van der Waals surface area contributed by atoms with Crippen LogP contribution in [0.4, 0.5) is 5.82 Å². The van der Waals surface area contributed by atoms with E-state index < -0.39 is 0 Å². The number of hydrogen-bond donors (Lipinski definition) is 1. The number of nitrogens with one attached hydrogen (secondary N) is 1. The van der Waals surface area contributed by atoms with Gasteiger partial charge in [-0.05, 0) is 37.1 Å². The Hall–Kier alpha value is -1.85. The van der Waals surface area contributed by atoms with E-state index in [1.807, 2.05) is 18.2 Å². The lowest BCUT2D eigenvalue weighted by Crippen LogP contribution is -2.06. The molecule has 2 heterocycles. The second kappa shape index (κ2) is 6.50. The number of benzene rings is 1. The average molecular weight is 334 g/mol. The van der Waals surface area contributed by atoms with Gasteiger partial charge in [-0.1, -0.05) is 11.6 Å². The van der Waals surface area contributed by atoms with Gasteiger partial charge in [0.05, 0.1) is 11.8 Å². The molecule has 0 radical (unpaired) electrons. The van der Waals surface area contributed by atoms with Crippen molar-refractivity contribution in [1.29, 1.82) is 0 Å². The molecule has 0 aliphatic carbocycles. The Balaban J connectivity index is 1.86. The van der Waals surface area contributed by atoms with Crippen LogP contribution in [-0.4, -0.2) is 23.6 Å². The van der Waals surface area contributed by atoms with Gasteiger partial charge in [0.2, 0.25) is 0 Å². The molecule has 0 saturated heterocycles. The van der Waals surface area contributed by atoms with Crippen molar-refractivity contribution in [3.63, 3.8) is 0 Å². The fourth-order valence-electron chi connectivity index (χ4n) is 2.49. The summed E-state index contributed by atoms with van der Waals surface area (Å²) in [6.45, 7) is 2.91. The van der Waals surface area contributed by atoms with Gasteiger partial charge in [0.1, 0.15) is 17.9 Å². The first kappa shape index (κ1) is 15.1. The maximum absolute atomic E-state index is 6.41. The average Bonchev–Trinajstić information content (AvgIpc) is 2.86. The molecule has 114 valence electrons. The summed E-state index contributed by atoms with van der Waals surface area (Å²) < 4.78 is 6.56. The lowest BCUT2D eigenvalue weighted by molar-refractivity contribution is 0.420. The van der Waals surface area contributed by atoms with E-state index in [0.29, 0.717) is 0 Å². The third-order valence-electron chi connectivity index (χ3n) is 3.54. The highest BCUT2D eigenvalue weighted by Gasteiger charge is 2.15. The van der Waals surface area contributed by atoms with Crippen LogP contribution in [0.3, 0.4) is 0 Å². The highest BCUT2D eigenvalue weighted by molar-refractivity contribution is 7.19. The van der Waals surface area contributed by atoms with Gasteiger partial charge < -0.3 is 10.1 Å². The number of methoxy groups -OCH3 is 1. The molecular weight excluding hydrogens is 318 g/mol. The molecule has 2 aromatic heterocycles. The molecule has 6 heteroatoms. The molecule has 0 bridgehead atoms. The SMILES string of the molecule is COc1ccc(Cl)c2c(CCNc3ccncn3)c(C)sc12. The molecule has 3 aromatic rings. The first-order valence-corrected chi connectivity index (χ1v) is 8.14. The fourth-order valence-corrected chi connectivity index (χ4v) is 4.03. The van der Waals surface area contributed by atoms with Crippen molar-refractivity contribution in [2.75, 3.05) is 19.0 Å². The first-order chi connectivity index (χ1) is 10.7. The number of hydrogen-bond acceptors (Lipinski definition) is 5. The van der Waals surface area contributed by atoms with Gasteiger partial charge in [-0.25, -0.2) is 9.97 Å². The maximum atomic E-state index is 6.41. The summed E-state index contributed by atoms with van der Waals surface area (Å²) in [7, 11) is 1.69. The van der Waals surface area contributed by atoms with E-state index in [2.05, 4.69) is 22.2 Å². The van der Waals surface area contributed by atoms with Crippen molar-refractivity contribution in [3.05, 3.63) is 46.2 Å². The largest absolute Gasteiger partial charge is 0.495 e. The van der Waals surface area contributed by atoms with E-state index in [1.165, 1.54) is 16.8 Å². The molecular formula is C16H16ClN3OS. The minimum atomic E-state index is 0.775. The fraction of sp³-hybridized carbons (Fsp3) is 0.250. The first-order valence-electron chi connectivity index (χ1n) is 6.95. The van der Waals surface area contributed by atoms with Crippen molar-refractivity contribution in [1.82, 2.24) is 9.97 Å². The Bertz CT molecular complexity index is 789. The smallest absolute Gasteiger partial charge is 0.136 e. The maximum Gasteiger partial charge on any atom is 0.136 e. The zero-order valence-electron chi connectivity index (χ0n) is 12.4. The molecule has 0 amide bonds. The molecule has 0 atom stereocenters. The van der Waals surface area contributed by atoms with Gasteiger partial charge in [-0.3, -0.25) is 0 Å². The van der Waals surface area contributed by atoms with Crippen LogP contribution in [-0.2, 0) is 6.42 Å². The van der Waals surface area contributed by atoms with Gasteiger partial charge >= 0.3 is 0 Å². The third kappa shape index (κ3) is 2.87. The molecule has 3 rings (SSSR count). The van der Waals surface area contributed by atoms with E-state index in [4.69, 9.17) is 16.3 Å². The number of rotatable bonds is 5. The molecule has 0 fully saturated rings. The van der Waals surface area contributed by atoms with Crippen molar-refractivity contribution >= 4 is 38.8 Å². The van der Waals surface area contributed by atoms with E-state index in [9.17, 15) is 0 Å². The van der Waals surface area contributed by atoms with E-state index in [1.54, 1.807) is 24.6 Å². The molecule has 0 unspecified atom stereocenters. The number of aryl methyl sites for hydroxylation is 1. The Kier molecular flexibility index (Phi) is 4.45. The predicted molar refractivity (Wildman–Crippen MR) is 92.3 cm³/mol. The van der Waals surface area contributed by atoms with Gasteiger partial charge in [0.25, 0.3) is 0 Å². The third-order valence-corrected chi connectivity index (χ3v) is 5.01. The second-order valence-corrected chi connectivity index (χ2v) is 6.49. The Labute approximate surface area is 138 Å². The summed E-state index contributed by atoms with van der Waals surface area (Å²) >= 11 is 8.14. The molecule has 0 aliphatic rings. The van der Waals surface area contributed by atoms with Crippen molar-refractivity contribution < 1.29 is 4.74 Å². The van der Waals surface area contributed by atoms with Crippen LogP contribution in [0.2, 0.25) is 5.02 Å². The molecule has 0 saturated carbocycles. The number of fused-ring (bicyclic) bond motifs is 1. The Morgan fingerprint density at radius 3 is 2.91 bits per heavy atom. The van der Waals surface area contributed by atoms with E-state index >= 15 is 0 Å². The molecule has 22 heavy (non-hydrogen) atoms. The zero-order valence-corrected chi connectivity index (χ0v) is 14.0. The number of nitrogens with zero attached hydrogens (tertiary/aromatic N) is 2. The summed E-state index contributed by atoms with van der Waals surface area (Å²) in [6, 6.07) is 5.67. The van der Waals surface area contributed by atoms with Crippen LogP contribution in [0.15, 0.2) is 30.7 Å². The normalized spacial score (nSPS) is 10.9. The molecule has 0 spiro atoms. The summed E-state index contributed by atoms with van der Waals surface area (Å²) in [4.78, 5) is 9.34. The molecule has 4 nitrogen and oxygen atoms in total. The van der Waals surface area contributed by atoms with E-state index in [0.717, 1.165) is 39.6 Å². The molecule has 0 aliphatic heterocycles. The minimum Gasteiger partial charge on any atom is -0.495 e. The van der Waals surface area contributed by atoms with Crippen LogP contribution >= 0.6 is 22.9 Å². The van der Waals surface area contributed by atoms with Crippen molar-refractivity contribution in [3.8, 4) is 5.75 Å². The Morgan fingerprint density at radius 2 is 2.18 bits per heavy atom. The number of aromatic nitrogens is 2. The van der Waals surface area contributed by atoms with Gasteiger partial charge in [-0.2, -0.15) is 0 Å². The number of thiophene rings is 1. The van der Waals surface area contributed by atoms with Crippen LogP contribution in [0, 0.1) is 6.92 Å².